The van der Waals surface area contributed by atoms with Crippen molar-refractivity contribution in [2.24, 2.45) is 7.05 Å². The summed E-state index contributed by atoms with van der Waals surface area (Å²) >= 11 is 0. The van der Waals surface area contributed by atoms with Crippen molar-refractivity contribution in [3.63, 3.8) is 0 Å². The lowest BCUT2D eigenvalue weighted by atomic mass is 9.90. The summed E-state index contributed by atoms with van der Waals surface area (Å²) in [5, 5.41) is 16.0. The third-order valence-electron chi connectivity index (χ3n) is 2.88. The lowest BCUT2D eigenvalue weighted by Crippen LogP contribution is -2.23. The number of carbonyl (C=O) groups is 1. The van der Waals surface area contributed by atoms with Crippen molar-refractivity contribution in [2.75, 3.05) is 6.61 Å². The SMILES string of the molecule is CCOC(=O)c1nnn(Cc2cn(C)nn2)c1C(C)(C)C. The molecule has 0 aliphatic heterocycles. The molecule has 0 saturated heterocycles. The van der Waals surface area contributed by atoms with E-state index in [2.05, 4.69) is 20.6 Å². The zero-order chi connectivity index (χ0) is 15.6. The third kappa shape index (κ3) is 3.26. The summed E-state index contributed by atoms with van der Waals surface area (Å²) in [7, 11) is 1.80. The molecule has 8 nitrogen and oxygen atoms in total. The van der Waals surface area contributed by atoms with E-state index in [9.17, 15) is 4.79 Å². The number of ether oxygens (including phenoxy) is 1. The zero-order valence-electron chi connectivity index (χ0n) is 13.0. The summed E-state index contributed by atoms with van der Waals surface area (Å²) in [5.74, 6) is -0.451. The Bertz CT molecular complexity index is 637. The van der Waals surface area contributed by atoms with Gasteiger partial charge in [-0.3, -0.25) is 4.68 Å². The minimum atomic E-state index is -0.451. The van der Waals surface area contributed by atoms with E-state index < -0.39 is 5.97 Å². The van der Waals surface area contributed by atoms with Gasteiger partial charge >= 0.3 is 5.97 Å². The summed E-state index contributed by atoms with van der Waals surface area (Å²) in [6.07, 6.45) is 1.80. The second-order valence-corrected chi connectivity index (χ2v) is 5.80. The third-order valence-corrected chi connectivity index (χ3v) is 2.88. The molecule has 21 heavy (non-hydrogen) atoms. The summed E-state index contributed by atoms with van der Waals surface area (Å²) in [5.41, 5.74) is 1.44. The Morgan fingerprint density at radius 2 is 2.00 bits per heavy atom. The first kappa shape index (κ1) is 15.1. The lowest BCUT2D eigenvalue weighted by molar-refractivity contribution is 0.0516. The molecular weight excluding hydrogens is 272 g/mol. The van der Waals surface area contributed by atoms with Crippen LogP contribution in [0.4, 0.5) is 0 Å². The van der Waals surface area contributed by atoms with Crippen LogP contribution in [0.1, 0.15) is 49.6 Å². The number of hydrogen-bond acceptors (Lipinski definition) is 6. The highest BCUT2D eigenvalue weighted by Crippen LogP contribution is 2.25. The highest BCUT2D eigenvalue weighted by Gasteiger charge is 2.30. The number of nitrogens with zero attached hydrogens (tertiary/aromatic N) is 6. The molecule has 2 rings (SSSR count). The number of esters is 1. The first-order chi connectivity index (χ1) is 9.82. The van der Waals surface area contributed by atoms with Gasteiger partial charge in [0.15, 0.2) is 5.69 Å². The normalized spacial score (nSPS) is 11.7. The fraction of sp³-hybridized carbons (Fsp3) is 0.615. The van der Waals surface area contributed by atoms with Gasteiger partial charge in [-0.25, -0.2) is 9.48 Å². The summed E-state index contributed by atoms with van der Waals surface area (Å²) < 4.78 is 8.34. The van der Waals surface area contributed by atoms with Crippen molar-refractivity contribution in [3.05, 3.63) is 23.3 Å². The van der Waals surface area contributed by atoms with Gasteiger partial charge in [-0.05, 0) is 6.92 Å². The molecular formula is C13H20N6O2. The number of aryl methyl sites for hydroxylation is 1. The van der Waals surface area contributed by atoms with Gasteiger partial charge in [0.2, 0.25) is 0 Å². The highest BCUT2D eigenvalue weighted by atomic mass is 16.5. The van der Waals surface area contributed by atoms with Crippen molar-refractivity contribution in [1.29, 1.82) is 0 Å². The Hall–Kier alpha value is -2.25. The number of carbonyl (C=O) groups excluding carboxylic acids is 1. The number of hydrogen-bond donors (Lipinski definition) is 0. The molecule has 0 fully saturated rings. The molecule has 0 spiro atoms. The molecule has 0 bridgehead atoms. The fourth-order valence-electron chi connectivity index (χ4n) is 2.12. The van der Waals surface area contributed by atoms with E-state index in [0.717, 1.165) is 11.4 Å². The maximum Gasteiger partial charge on any atom is 0.360 e. The maximum absolute atomic E-state index is 12.0. The highest BCUT2D eigenvalue weighted by molar-refractivity contribution is 5.88. The molecule has 0 aliphatic rings. The van der Waals surface area contributed by atoms with E-state index in [0.29, 0.717) is 13.2 Å². The van der Waals surface area contributed by atoms with Crippen LogP contribution in [0.3, 0.4) is 0 Å². The van der Waals surface area contributed by atoms with E-state index in [1.165, 1.54) is 0 Å². The summed E-state index contributed by atoms with van der Waals surface area (Å²) in [4.78, 5) is 12.0. The van der Waals surface area contributed by atoms with Gasteiger partial charge in [0.1, 0.15) is 5.69 Å². The van der Waals surface area contributed by atoms with Gasteiger partial charge in [-0.2, -0.15) is 0 Å². The van der Waals surface area contributed by atoms with Gasteiger partial charge in [0.05, 0.1) is 18.8 Å². The van der Waals surface area contributed by atoms with Crippen molar-refractivity contribution >= 4 is 5.97 Å². The smallest absolute Gasteiger partial charge is 0.360 e. The largest absolute Gasteiger partial charge is 0.461 e. The van der Waals surface area contributed by atoms with E-state index in [1.54, 1.807) is 29.5 Å². The Kier molecular flexibility index (Phi) is 4.06. The van der Waals surface area contributed by atoms with Crippen LogP contribution < -0.4 is 0 Å². The molecule has 8 heteroatoms. The van der Waals surface area contributed by atoms with Crippen molar-refractivity contribution in [2.45, 2.75) is 39.7 Å². The van der Waals surface area contributed by atoms with Crippen molar-refractivity contribution < 1.29 is 9.53 Å². The number of rotatable bonds is 4. The Morgan fingerprint density at radius 3 is 2.52 bits per heavy atom. The molecule has 0 unspecified atom stereocenters. The second kappa shape index (κ2) is 5.63. The first-order valence-corrected chi connectivity index (χ1v) is 6.79. The minimum absolute atomic E-state index is 0.258. The predicted octanol–water partition coefficient (Wildman–Crippen LogP) is 0.929. The summed E-state index contributed by atoms with van der Waals surface area (Å²) in [6.45, 7) is 8.48. The average molecular weight is 292 g/mol. The van der Waals surface area contributed by atoms with Gasteiger partial charge in [-0.15, -0.1) is 10.2 Å². The summed E-state index contributed by atoms with van der Waals surface area (Å²) in [6, 6.07) is 0. The monoisotopic (exact) mass is 292 g/mol. The topological polar surface area (TPSA) is 87.7 Å². The Morgan fingerprint density at radius 1 is 1.29 bits per heavy atom. The van der Waals surface area contributed by atoms with E-state index in [4.69, 9.17) is 4.74 Å². The van der Waals surface area contributed by atoms with Crippen LogP contribution in [-0.4, -0.2) is 42.6 Å². The molecule has 114 valence electrons. The van der Waals surface area contributed by atoms with Crippen LogP contribution in [0.2, 0.25) is 0 Å². The van der Waals surface area contributed by atoms with Gasteiger partial charge in [0.25, 0.3) is 0 Å². The quantitative estimate of drug-likeness (QED) is 0.779. The van der Waals surface area contributed by atoms with Crippen molar-refractivity contribution in [3.8, 4) is 0 Å². The van der Waals surface area contributed by atoms with Crippen LogP contribution in [0.15, 0.2) is 6.20 Å². The van der Waals surface area contributed by atoms with Gasteiger partial charge < -0.3 is 4.74 Å². The van der Waals surface area contributed by atoms with Crippen LogP contribution in [0.5, 0.6) is 0 Å². The Balaban J connectivity index is 2.39. The zero-order valence-corrected chi connectivity index (χ0v) is 13.0. The molecule has 0 N–H and O–H groups in total. The fourth-order valence-corrected chi connectivity index (χ4v) is 2.12. The lowest BCUT2D eigenvalue weighted by Gasteiger charge is -2.20. The predicted molar refractivity (Wildman–Crippen MR) is 74.8 cm³/mol. The van der Waals surface area contributed by atoms with Crippen LogP contribution >= 0.6 is 0 Å². The number of aromatic nitrogens is 6. The molecule has 2 aromatic heterocycles. The van der Waals surface area contributed by atoms with Crippen LogP contribution in [0.25, 0.3) is 0 Å². The molecule has 2 aromatic rings. The molecule has 0 radical (unpaired) electrons. The first-order valence-electron chi connectivity index (χ1n) is 6.79. The molecule has 0 amide bonds. The van der Waals surface area contributed by atoms with E-state index >= 15 is 0 Å². The molecule has 0 aliphatic carbocycles. The maximum atomic E-state index is 12.0. The Labute approximate surface area is 123 Å². The average Bonchev–Trinajstić information content (AvgIpc) is 2.96. The molecule has 0 aromatic carbocycles. The van der Waals surface area contributed by atoms with E-state index in [-0.39, 0.29) is 11.1 Å². The molecule has 0 saturated carbocycles. The molecule has 2 heterocycles. The van der Waals surface area contributed by atoms with Gasteiger partial charge in [0, 0.05) is 18.7 Å². The molecule has 0 atom stereocenters. The van der Waals surface area contributed by atoms with Crippen LogP contribution in [0, 0.1) is 0 Å². The van der Waals surface area contributed by atoms with Gasteiger partial charge in [-0.1, -0.05) is 31.2 Å². The standard InChI is InChI=1S/C13H20N6O2/c1-6-21-12(20)10-11(13(2,3)4)19(17-15-10)8-9-7-18(5)16-14-9/h7H,6,8H2,1-5H3. The minimum Gasteiger partial charge on any atom is -0.461 e. The second-order valence-electron chi connectivity index (χ2n) is 5.80. The van der Waals surface area contributed by atoms with Crippen LogP contribution in [-0.2, 0) is 23.7 Å². The van der Waals surface area contributed by atoms with Crippen molar-refractivity contribution in [1.82, 2.24) is 30.0 Å². The van der Waals surface area contributed by atoms with E-state index in [1.807, 2.05) is 20.8 Å².